The maximum Gasteiger partial charge on any atom is 0.274 e. The van der Waals surface area contributed by atoms with E-state index in [1.54, 1.807) is 7.11 Å². The van der Waals surface area contributed by atoms with E-state index in [9.17, 15) is 4.79 Å². The van der Waals surface area contributed by atoms with Crippen LogP contribution in [0.2, 0.25) is 0 Å². The number of nitrogens with zero attached hydrogens (tertiary/aromatic N) is 1. The zero-order chi connectivity index (χ0) is 16.0. The third-order valence-corrected chi connectivity index (χ3v) is 4.74. The smallest absolute Gasteiger partial charge is 0.274 e. The molecule has 1 aliphatic heterocycles. The van der Waals surface area contributed by atoms with Crippen molar-refractivity contribution in [2.24, 2.45) is 0 Å². The van der Waals surface area contributed by atoms with Crippen molar-refractivity contribution in [3.63, 3.8) is 0 Å². The molecule has 0 saturated heterocycles. The second-order valence-corrected chi connectivity index (χ2v) is 6.53. The Labute approximate surface area is 142 Å². The molecule has 1 aliphatic rings. The van der Waals surface area contributed by atoms with E-state index in [2.05, 4.69) is 27.0 Å². The first-order chi connectivity index (χ1) is 11.2. The van der Waals surface area contributed by atoms with E-state index in [4.69, 9.17) is 4.74 Å². The normalized spacial score (nSPS) is 13.4. The highest BCUT2D eigenvalue weighted by molar-refractivity contribution is 9.10. The molecule has 0 spiro atoms. The van der Waals surface area contributed by atoms with Gasteiger partial charge in [0.1, 0.15) is 11.4 Å². The van der Waals surface area contributed by atoms with Crippen LogP contribution in [0, 0.1) is 0 Å². The number of methoxy groups -OCH3 is 1. The van der Waals surface area contributed by atoms with Crippen LogP contribution in [-0.2, 0) is 6.42 Å². The molecule has 0 fully saturated rings. The summed E-state index contributed by atoms with van der Waals surface area (Å²) in [5.74, 6) is 0.774. The third-order valence-electron chi connectivity index (χ3n) is 4.24. The highest BCUT2D eigenvalue weighted by Gasteiger charge is 2.26. The largest absolute Gasteiger partial charge is 0.497 e. The number of amides is 1. The van der Waals surface area contributed by atoms with Crippen LogP contribution in [0.3, 0.4) is 0 Å². The molecule has 2 aromatic carbocycles. The van der Waals surface area contributed by atoms with Crippen molar-refractivity contribution in [1.29, 1.82) is 0 Å². The molecule has 0 saturated carbocycles. The summed E-state index contributed by atoms with van der Waals surface area (Å²) in [4.78, 5) is 17.9. The Kier molecular flexibility index (Phi) is 3.38. The van der Waals surface area contributed by atoms with Crippen molar-refractivity contribution in [2.75, 3.05) is 18.6 Å². The predicted molar refractivity (Wildman–Crippen MR) is 94.4 cm³/mol. The van der Waals surface area contributed by atoms with Gasteiger partial charge in [-0.05, 0) is 48.4 Å². The van der Waals surface area contributed by atoms with Gasteiger partial charge in [-0.2, -0.15) is 0 Å². The van der Waals surface area contributed by atoms with Gasteiger partial charge >= 0.3 is 0 Å². The van der Waals surface area contributed by atoms with E-state index in [0.717, 1.165) is 33.2 Å². The van der Waals surface area contributed by atoms with Crippen LogP contribution in [0.25, 0.3) is 10.9 Å². The number of aromatic nitrogens is 1. The van der Waals surface area contributed by atoms with E-state index in [1.165, 1.54) is 5.56 Å². The molecule has 0 bridgehead atoms. The van der Waals surface area contributed by atoms with E-state index in [0.29, 0.717) is 12.2 Å². The van der Waals surface area contributed by atoms with Gasteiger partial charge in [0.05, 0.1) is 7.11 Å². The predicted octanol–water partition coefficient (Wildman–Crippen LogP) is 4.14. The lowest BCUT2D eigenvalue weighted by Gasteiger charge is -2.16. The topological polar surface area (TPSA) is 45.3 Å². The number of carbonyl (C=O) groups is 1. The van der Waals surface area contributed by atoms with Gasteiger partial charge in [-0.3, -0.25) is 4.79 Å². The van der Waals surface area contributed by atoms with Crippen molar-refractivity contribution >= 4 is 38.4 Å². The molecule has 1 aromatic heterocycles. The Morgan fingerprint density at radius 2 is 2.09 bits per heavy atom. The molecule has 5 heteroatoms. The van der Waals surface area contributed by atoms with Crippen molar-refractivity contribution in [2.45, 2.75) is 6.42 Å². The van der Waals surface area contributed by atoms with Crippen molar-refractivity contribution in [3.8, 4) is 5.75 Å². The average molecular weight is 371 g/mol. The Hall–Kier alpha value is -2.27. The summed E-state index contributed by atoms with van der Waals surface area (Å²) >= 11 is 3.48. The molecular weight excluding hydrogens is 356 g/mol. The summed E-state index contributed by atoms with van der Waals surface area (Å²) in [6.45, 7) is 0.712. The molecule has 0 atom stereocenters. The van der Waals surface area contributed by atoms with Crippen molar-refractivity contribution in [1.82, 2.24) is 4.98 Å². The molecule has 4 nitrogen and oxygen atoms in total. The quantitative estimate of drug-likeness (QED) is 0.736. The van der Waals surface area contributed by atoms with E-state index in [-0.39, 0.29) is 5.91 Å². The molecule has 3 aromatic rings. The van der Waals surface area contributed by atoms with Crippen LogP contribution in [0.4, 0.5) is 5.69 Å². The molecule has 1 amide bonds. The number of rotatable bonds is 2. The molecule has 0 unspecified atom stereocenters. The fourth-order valence-electron chi connectivity index (χ4n) is 3.08. The summed E-state index contributed by atoms with van der Waals surface area (Å²) in [5.41, 5.74) is 3.70. The first-order valence-electron chi connectivity index (χ1n) is 7.43. The molecule has 1 N–H and O–H groups in total. The fourth-order valence-corrected chi connectivity index (χ4v) is 3.48. The molecule has 4 rings (SSSR count). The van der Waals surface area contributed by atoms with E-state index < -0.39 is 0 Å². The molecule has 0 radical (unpaired) electrons. The number of nitrogens with one attached hydrogen (secondary N) is 1. The molecular formula is C18H15BrN2O2. The zero-order valence-electron chi connectivity index (χ0n) is 12.6. The fraction of sp³-hybridized carbons (Fsp3) is 0.167. The lowest BCUT2D eigenvalue weighted by molar-refractivity contribution is 0.0985. The number of hydrogen-bond donors (Lipinski definition) is 1. The van der Waals surface area contributed by atoms with Gasteiger partial charge in [0.25, 0.3) is 5.91 Å². The Morgan fingerprint density at radius 3 is 2.91 bits per heavy atom. The standard InChI is InChI=1S/C18H15BrN2O2/c1-23-14-4-2-11-9-16(20-15(11)10-14)18(22)21-7-6-12-8-13(19)3-5-17(12)21/h2-5,8-10,20H,6-7H2,1H3. The number of halogens is 1. The van der Waals surface area contributed by atoms with Crippen LogP contribution in [-0.4, -0.2) is 24.5 Å². The number of benzene rings is 2. The van der Waals surface area contributed by atoms with Crippen LogP contribution in [0.1, 0.15) is 16.1 Å². The van der Waals surface area contributed by atoms with Crippen LogP contribution in [0.15, 0.2) is 46.9 Å². The second kappa shape index (κ2) is 5.42. The number of anilines is 1. The van der Waals surface area contributed by atoms with Gasteiger partial charge < -0.3 is 14.6 Å². The number of hydrogen-bond acceptors (Lipinski definition) is 2. The van der Waals surface area contributed by atoms with Crippen molar-refractivity contribution in [3.05, 3.63) is 58.2 Å². The average Bonchev–Trinajstić information content (AvgIpc) is 3.16. The van der Waals surface area contributed by atoms with Gasteiger partial charge in [-0.1, -0.05) is 15.9 Å². The SMILES string of the molecule is COc1ccc2cc(C(=O)N3CCc4cc(Br)ccc43)[nH]c2c1. The van der Waals surface area contributed by atoms with Gasteiger partial charge in [0.15, 0.2) is 0 Å². The summed E-state index contributed by atoms with van der Waals surface area (Å²) in [5, 5.41) is 1.00. The first kappa shape index (κ1) is 14.3. The second-order valence-electron chi connectivity index (χ2n) is 5.62. The number of aromatic amines is 1. The van der Waals surface area contributed by atoms with Gasteiger partial charge in [0, 0.05) is 33.7 Å². The molecule has 116 valence electrons. The Morgan fingerprint density at radius 1 is 1.22 bits per heavy atom. The van der Waals surface area contributed by atoms with Crippen LogP contribution in [0.5, 0.6) is 5.75 Å². The van der Waals surface area contributed by atoms with Gasteiger partial charge in [-0.15, -0.1) is 0 Å². The minimum Gasteiger partial charge on any atom is -0.497 e. The van der Waals surface area contributed by atoms with Crippen molar-refractivity contribution < 1.29 is 9.53 Å². The van der Waals surface area contributed by atoms with E-state index in [1.807, 2.05) is 41.3 Å². The number of H-pyrrole nitrogens is 1. The number of ether oxygens (including phenoxy) is 1. The monoisotopic (exact) mass is 370 g/mol. The summed E-state index contributed by atoms with van der Waals surface area (Å²) in [6, 6.07) is 13.7. The Balaban J connectivity index is 1.70. The molecule has 23 heavy (non-hydrogen) atoms. The van der Waals surface area contributed by atoms with Crippen LogP contribution >= 0.6 is 15.9 Å². The molecule has 0 aliphatic carbocycles. The maximum atomic E-state index is 12.9. The lowest BCUT2D eigenvalue weighted by atomic mass is 10.2. The third kappa shape index (κ3) is 2.41. The first-order valence-corrected chi connectivity index (χ1v) is 8.22. The highest BCUT2D eigenvalue weighted by atomic mass is 79.9. The number of carbonyl (C=O) groups excluding carboxylic acids is 1. The minimum atomic E-state index is 0.00115. The van der Waals surface area contributed by atoms with Gasteiger partial charge in [0.2, 0.25) is 0 Å². The maximum absolute atomic E-state index is 12.9. The van der Waals surface area contributed by atoms with Gasteiger partial charge in [-0.25, -0.2) is 0 Å². The Bertz CT molecular complexity index is 917. The zero-order valence-corrected chi connectivity index (χ0v) is 14.2. The highest BCUT2D eigenvalue weighted by Crippen LogP contribution is 2.32. The summed E-state index contributed by atoms with van der Waals surface area (Å²) in [6.07, 6.45) is 0.883. The summed E-state index contributed by atoms with van der Waals surface area (Å²) in [7, 11) is 1.63. The lowest BCUT2D eigenvalue weighted by Crippen LogP contribution is -2.29. The van der Waals surface area contributed by atoms with Crippen LogP contribution < -0.4 is 9.64 Å². The summed E-state index contributed by atoms with van der Waals surface area (Å²) < 4.78 is 6.27. The molecule has 2 heterocycles. The van der Waals surface area contributed by atoms with E-state index >= 15 is 0 Å². The number of fused-ring (bicyclic) bond motifs is 2. The minimum absolute atomic E-state index is 0.00115.